The maximum Gasteiger partial charge on any atom is 0.306 e. The van der Waals surface area contributed by atoms with E-state index in [1.54, 1.807) is 0 Å². The predicted octanol–water partition coefficient (Wildman–Crippen LogP) is 3.73. The number of fused-ring (bicyclic) bond motifs is 1. The maximum atomic E-state index is 12.0. The van der Waals surface area contributed by atoms with Crippen LogP contribution in [0.3, 0.4) is 0 Å². The Hall–Kier alpha value is -2.30. The number of aromatic nitrogens is 1. The van der Waals surface area contributed by atoms with Crippen LogP contribution in [0.1, 0.15) is 51.0 Å². The fourth-order valence-electron chi connectivity index (χ4n) is 3.76. The monoisotopic (exact) mass is 356 g/mol. The van der Waals surface area contributed by atoms with Crippen LogP contribution < -0.4 is 5.32 Å². The van der Waals surface area contributed by atoms with Crippen molar-refractivity contribution in [2.75, 3.05) is 6.61 Å². The minimum absolute atomic E-state index is 0.171. The summed E-state index contributed by atoms with van der Waals surface area (Å²) in [4.78, 5) is 27.1. The summed E-state index contributed by atoms with van der Waals surface area (Å²) in [5.41, 5.74) is 2.32. The van der Waals surface area contributed by atoms with E-state index in [0.717, 1.165) is 31.2 Å². The van der Waals surface area contributed by atoms with Crippen molar-refractivity contribution in [3.8, 4) is 0 Å². The molecule has 1 aromatic heterocycles. The molecule has 2 aromatic rings. The first-order valence-corrected chi connectivity index (χ1v) is 9.63. The molecule has 1 fully saturated rings. The molecule has 2 N–H and O–H groups in total. The van der Waals surface area contributed by atoms with Crippen molar-refractivity contribution in [3.05, 3.63) is 36.0 Å². The second-order valence-corrected chi connectivity index (χ2v) is 7.31. The van der Waals surface area contributed by atoms with Gasteiger partial charge in [0.2, 0.25) is 0 Å². The van der Waals surface area contributed by atoms with Crippen molar-refractivity contribution in [3.63, 3.8) is 0 Å². The lowest BCUT2D eigenvalue weighted by Crippen LogP contribution is -2.42. The number of esters is 1. The summed E-state index contributed by atoms with van der Waals surface area (Å²) in [7, 11) is 0. The van der Waals surface area contributed by atoms with E-state index in [1.165, 1.54) is 17.4 Å². The number of rotatable bonds is 7. The number of H-pyrrole nitrogens is 1. The van der Waals surface area contributed by atoms with E-state index < -0.39 is 0 Å². The Morgan fingerprint density at radius 1 is 1.23 bits per heavy atom. The number of carbonyl (C=O) groups excluding carboxylic acids is 2. The highest BCUT2D eigenvalue weighted by Gasteiger charge is 2.23. The van der Waals surface area contributed by atoms with Gasteiger partial charge in [0.1, 0.15) is 0 Å². The summed E-state index contributed by atoms with van der Waals surface area (Å²) in [5.74, 6) is 0.00462. The lowest BCUT2D eigenvalue weighted by molar-refractivity contribution is -0.149. The van der Waals surface area contributed by atoms with Crippen molar-refractivity contribution < 1.29 is 14.3 Å². The fraction of sp³-hybridized carbons (Fsp3) is 0.524. The molecule has 0 saturated heterocycles. The Labute approximate surface area is 154 Å². The molecule has 26 heavy (non-hydrogen) atoms. The first kappa shape index (κ1) is 18.5. The topological polar surface area (TPSA) is 71.2 Å². The SMILES string of the molecule is CC1CCCCC1NC(=O)COC(=O)CCCc1c[nH]c2ccccc12. The number of amides is 1. The molecule has 2 unspecified atom stereocenters. The van der Waals surface area contributed by atoms with Crippen molar-refractivity contribution in [2.45, 2.75) is 57.9 Å². The van der Waals surface area contributed by atoms with Crippen molar-refractivity contribution in [1.82, 2.24) is 10.3 Å². The molecule has 5 heteroatoms. The molecule has 0 aliphatic heterocycles. The summed E-state index contributed by atoms with van der Waals surface area (Å²) in [5, 5.41) is 4.20. The molecule has 1 aromatic carbocycles. The lowest BCUT2D eigenvalue weighted by Gasteiger charge is -2.29. The summed E-state index contributed by atoms with van der Waals surface area (Å²) < 4.78 is 5.13. The van der Waals surface area contributed by atoms with Gasteiger partial charge in [-0.15, -0.1) is 0 Å². The highest BCUT2D eigenvalue weighted by molar-refractivity contribution is 5.83. The van der Waals surface area contributed by atoms with Crippen LogP contribution in [0.15, 0.2) is 30.5 Å². The third-order valence-corrected chi connectivity index (χ3v) is 5.32. The Morgan fingerprint density at radius 3 is 2.88 bits per heavy atom. The first-order valence-electron chi connectivity index (χ1n) is 9.63. The molecule has 0 radical (unpaired) electrons. The minimum Gasteiger partial charge on any atom is -0.456 e. The van der Waals surface area contributed by atoms with Gasteiger partial charge >= 0.3 is 5.97 Å². The van der Waals surface area contributed by atoms with Crippen LogP contribution in [0.4, 0.5) is 0 Å². The summed E-state index contributed by atoms with van der Waals surface area (Å²) in [6, 6.07) is 8.35. The Bertz CT molecular complexity index is 753. The van der Waals surface area contributed by atoms with E-state index in [0.29, 0.717) is 18.8 Å². The summed E-state index contributed by atoms with van der Waals surface area (Å²) in [6.45, 7) is 2.00. The molecule has 1 aliphatic carbocycles. The van der Waals surface area contributed by atoms with E-state index >= 15 is 0 Å². The molecule has 140 valence electrons. The number of benzene rings is 1. The van der Waals surface area contributed by atoms with Crippen LogP contribution in [0.2, 0.25) is 0 Å². The number of para-hydroxylation sites is 1. The third-order valence-electron chi connectivity index (χ3n) is 5.32. The lowest BCUT2D eigenvalue weighted by atomic mass is 9.86. The molecular formula is C21H28N2O3. The molecule has 5 nitrogen and oxygen atoms in total. The predicted molar refractivity (Wildman–Crippen MR) is 102 cm³/mol. The molecule has 1 aliphatic rings. The Balaban J connectivity index is 1.35. The molecule has 0 bridgehead atoms. The first-order chi connectivity index (χ1) is 12.6. The van der Waals surface area contributed by atoms with Gasteiger partial charge in [0.25, 0.3) is 5.91 Å². The Morgan fingerprint density at radius 2 is 2.04 bits per heavy atom. The quantitative estimate of drug-likeness (QED) is 0.743. The van der Waals surface area contributed by atoms with Crippen LogP contribution in [0, 0.1) is 5.92 Å². The van der Waals surface area contributed by atoms with Crippen molar-refractivity contribution in [2.24, 2.45) is 5.92 Å². The highest BCUT2D eigenvalue weighted by Crippen LogP contribution is 2.23. The normalized spacial score (nSPS) is 20.0. The van der Waals surface area contributed by atoms with Crippen LogP contribution >= 0.6 is 0 Å². The molecule has 0 spiro atoms. The number of aryl methyl sites for hydroxylation is 1. The standard InChI is InChI=1S/C21H28N2O3/c1-15-7-2-4-10-18(15)23-20(24)14-26-21(25)12-6-8-16-13-22-19-11-5-3-9-17(16)19/h3,5,9,11,13,15,18,22H,2,4,6-8,10,12,14H2,1H3,(H,23,24). The fourth-order valence-corrected chi connectivity index (χ4v) is 3.76. The summed E-state index contributed by atoms with van der Waals surface area (Å²) >= 11 is 0. The second-order valence-electron chi connectivity index (χ2n) is 7.31. The van der Waals surface area contributed by atoms with Crippen LogP contribution in [-0.4, -0.2) is 29.5 Å². The van der Waals surface area contributed by atoms with Crippen LogP contribution in [-0.2, 0) is 20.7 Å². The van der Waals surface area contributed by atoms with Gasteiger partial charge < -0.3 is 15.0 Å². The number of aromatic amines is 1. The van der Waals surface area contributed by atoms with E-state index in [1.807, 2.05) is 24.4 Å². The van der Waals surface area contributed by atoms with Gasteiger partial charge in [-0.25, -0.2) is 0 Å². The number of ether oxygens (including phenoxy) is 1. The Kier molecular flexibility index (Phi) is 6.31. The van der Waals surface area contributed by atoms with E-state index in [2.05, 4.69) is 23.3 Å². The van der Waals surface area contributed by atoms with Gasteiger partial charge in [-0.3, -0.25) is 9.59 Å². The number of hydrogen-bond acceptors (Lipinski definition) is 3. The molecular weight excluding hydrogens is 328 g/mol. The number of nitrogens with one attached hydrogen (secondary N) is 2. The van der Waals surface area contributed by atoms with Crippen molar-refractivity contribution >= 4 is 22.8 Å². The molecule has 2 atom stereocenters. The van der Waals surface area contributed by atoms with Gasteiger partial charge in [-0.1, -0.05) is 38.0 Å². The second kappa shape index (κ2) is 8.88. The minimum atomic E-state index is -0.309. The number of hydrogen-bond donors (Lipinski definition) is 2. The number of carbonyl (C=O) groups is 2. The van der Waals surface area contributed by atoms with Crippen molar-refractivity contribution in [1.29, 1.82) is 0 Å². The van der Waals surface area contributed by atoms with Gasteiger partial charge in [0.05, 0.1) is 0 Å². The van der Waals surface area contributed by atoms with E-state index in [4.69, 9.17) is 4.74 Å². The van der Waals surface area contributed by atoms with Crippen LogP contribution in [0.25, 0.3) is 10.9 Å². The zero-order valence-electron chi connectivity index (χ0n) is 15.4. The smallest absolute Gasteiger partial charge is 0.306 e. The highest BCUT2D eigenvalue weighted by atomic mass is 16.5. The maximum absolute atomic E-state index is 12.0. The van der Waals surface area contributed by atoms with Gasteiger partial charge in [-0.05, 0) is 43.2 Å². The zero-order valence-corrected chi connectivity index (χ0v) is 15.4. The molecule has 3 rings (SSSR count). The van der Waals surface area contributed by atoms with Gasteiger partial charge in [0, 0.05) is 29.6 Å². The van der Waals surface area contributed by atoms with E-state index in [-0.39, 0.29) is 24.5 Å². The summed E-state index contributed by atoms with van der Waals surface area (Å²) in [6.07, 6.45) is 8.40. The molecule has 1 heterocycles. The zero-order chi connectivity index (χ0) is 18.4. The average Bonchev–Trinajstić information content (AvgIpc) is 3.05. The third kappa shape index (κ3) is 4.87. The molecule has 1 amide bonds. The average molecular weight is 356 g/mol. The van der Waals surface area contributed by atoms with E-state index in [9.17, 15) is 9.59 Å². The molecule has 1 saturated carbocycles. The van der Waals surface area contributed by atoms with Gasteiger partial charge in [0.15, 0.2) is 6.61 Å². The largest absolute Gasteiger partial charge is 0.456 e. The van der Waals surface area contributed by atoms with Gasteiger partial charge in [-0.2, -0.15) is 0 Å². The van der Waals surface area contributed by atoms with Crippen LogP contribution in [0.5, 0.6) is 0 Å².